The maximum absolute atomic E-state index is 9.73. The van der Waals surface area contributed by atoms with E-state index in [9.17, 15) is 5.11 Å². The van der Waals surface area contributed by atoms with E-state index in [4.69, 9.17) is 4.74 Å². The lowest BCUT2D eigenvalue weighted by Gasteiger charge is -2.28. The molecular formula is C10H21NO2S. The van der Waals surface area contributed by atoms with Gasteiger partial charge in [0.15, 0.2) is 0 Å². The van der Waals surface area contributed by atoms with Crippen molar-refractivity contribution in [3.8, 4) is 0 Å². The molecule has 0 amide bonds. The van der Waals surface area contributed by atoms with Crippen LogP contribution in [-0.2, 0) is 4.74 Å². The first-order valence-corrected chi connectivity index (χ1v) is 6.22. The van der Waals surface area contributed by atoms with Crippen LogP contribution < -0.4 is 0 Å². The van der Waals surface area contributed by atoms with E-state index >= 15 is 0 Å². The Bertz CT molecular complexity index is 162. The number of aliphatic hydroxyl groups is 1. The molecule has 0 aromatic heterocycles. The molecule has 3 nitrogen and oxygen atoms in total. The summed E-state index contributed by atoms with van der Waals surface area (Å²) in [5.74, 6) is 0.824. The summed E-state index contributed by atoms with van der Waals surface area (Å²) in [4.78, 5) is 2.17. The van der Waals surface area contributed by atoms with Crippen LogP contribution in [0, 0.1) is 0 Å². The number of hydrogen-bond donors (Lipinski definition) is 1. The number of rotatable bonds is 6. The molecule has 0 bridgehead atoms. The number of hydrogen-bond acceptors (Lipinski definition) is 4. The molecule has 0 radical (unpaired) electrons. The molecule has 0 saturated carbocycles. The molecule has 1 rings (SSSR count). The third-order valence-corrected chi connectivity index (χ3v) is 3.83. The van der Waals surface area contributed by atoms with Gasteiger partial charge in [0.25, 0.3) is 0 Å². The molecule has 0 aliphatic carbocycles. The average Bonchev–Trinajstić information content (AvgIpc) is 2.00. The van der Waals surface area contributed by atoms with Gasteiger partial charge in [-0.05, 0) is 20.9 Å². The van der Waals surface area contributed by atoms with Crippen molar-refractivity contribution in [2.24, 2.45) is 0 Å². The first kappa shape index (κ1) is 12.3. The second-order valence-corrected chi connectivity index (χ2v) is 5.51. The largest absolute Gasteiger partial charge is 0.391 e. The minimum absolute atomic E-state index is 0.215. The molecule has 1 unspecified atom stereocenters. The van der Waals surface area contributed by atoms with Gasteiger partial charge in [-0.1, -0.05) is 0 Å². The van der Waals surface area contributed by atoms with Crippen LogP contribution >= 0.6 is 11.8 Å². The second-order valence-electron chi connectivity index (χ2n) is 4.18. The maximum atomic E-state index is 9.73. The van der Waals surface area contributed by atoms with Gasteiger partial charge in [0.2, 0.25) is 0 Å². The second kappa shape index (κ2) is 5.95. The van der Waals surface area contributed by atoms with E-state index in [1.54, 1.807) is 0 Å². The number of ether oxygens (including phenoxy) is 1. The Morgan fingerprint density at radius 2 is 2.14 bits per heavy atom. The van der Waals surface area contributed by atoms with Crippen LogP contribution in [-0.4, -0.2) is 60.0 Å². The molecule has 0 aromatic rings. The van der Waals surface area contributed by atoms with Gasteiger partial charge in [0, 0.05) is 18.3 Å². The molecule has 1 N–H and O–H groups in total. The molecule has 1 saturated heterocycles. The third-order valence-electron chi connectivity index (χ3n) is 2.51. The highest BCUT2D eigenvalue weighted by molar-refractivity contribution is 8.00. The first-order valence-electron chi connectivity index (χ1n) is 5.17. The Kier molecular flexibility index (Phi) is 5.23. The lowest BCUT2D eigenvalue weighted by atomic mass is 10.3. The fourth-order valence-corrected chi connectivity index (χ4v) is 2.14. The van der Waals surface area contributed by atoms with Crippen LogP contribution in [0.5, 0.6) is 0 Å². The molecule has 4 heteroatoms. The van der Waals surface area contributed by atoms with Crippen molar-refractivity contribution >= 4 is 11.8 Å². The van der Waals surface area contributed by atoms with Gasteiger partial charge >= 0.3 is 0 Å². The molecule has 1 atom stereocenters. The average molecular weight is 219 g/mol. The quantitative estimate of drug-likeness (QED) is 0.717. The fraction of sp³-hybridized carbons (Fsp3) is 1.00. The summed E-state index contributed by atoms with van der Waals surface area (Å²) in [6, 6.07) is 0.502. The van der Waals surface area contributed by atoms with Crippen molar-refractivity contribution in [3.63, 3.8) is 0 Å². The zero-order chi connectivity index (χ0) is 10.6. The lowest BCUT2D eigenvalue weighted by Crippen LogP contribution is -2.37. The molecular weight excluding hydrogens is 198 g/mol. The van der Waals surface area contributed by atoms with Crippen molar-refractivity contribution in [2.45, 2.75) is 31.2 Å². The van der Waals surface area contributed by atoms with E-state index in [1.165, 1.54) is 0 Å². The number of aliphatic hydroxyl groups excluding tert-OH is 1. The standard InChI is InChI=1S/C10H21NO2S/c1-8(2)11(3)4-9(12)7-14-10-5-13-6-10/h8-10,12H,4-7H2,1-3H3. The Morgan fingerprint density at radius 3 is 2.57 bits per heavy atom. The predicted molar refractivity (Wildman–Crippen MR) is 60.8 cm³/mol. The van der Waals surface area contributed by atoms with Gasteiger partial charge in [0.05, 0.1) is 24.6 Å². The van der Waals surface area contributed by atoms with Gasteiger partial charge in [-0.2, -0.15) is 11.8 Å². The van der Waals surface area contributed by atoms with Crippen molar-refractivity contribution < 1.29 is 9.84 Å². The Hall–Kier alpha value is 0.230. The van der Waals surface area contributed by atoms with Crippen LogP contribution in [0.2, 0.25) is 0 Å². The summed E-state index contributed by atoms with van der Waals surface area (Å²) in [7, 11) is 2.05. The van der Waals surface area contributed by atoms with Crippen LogP contribution in [0.4, 0.5) is 0 Å². The third kappa shape index (κ3) is 4.17. The van der Waals surface area contributed by atoms with Gasteiger partial charge in [-0.25, -0.2) is 0 Å². The van der Waals surface area contributed by atoms with Gasteiger partial charge in [-0.15, -0.1) is 0 Å². The number of likely N-dealkylation sites (N-methyl/N-ethyl adjacent to an activating group) is 1. The molecule has 0 spiro atoms. The molecule has 1 fully saturated rings. The van der Waals surface area contributed by atoms with Crippen molar-refractivity contribution in [2.75, 3.05) is 32.6 Å². The van der Waals surface area contributed by atoms with E-state index < -0.39 is 0 Å². The monoisotopic (exact) mass is 219 g/mol. The lowest BCUT2D eigenvalue weighted by molar-refractivity contribution is 0.0450. The number of thioether (sulfide) groups is 1. The summed E-state index contributed by atoms with van der Waals surface area (Å²) < 4.78 is 5.07. The normalized spacial score (nSPS) is 20.1. The maximum Gasteiger partial charge on any atom is 0.0757 e. The van der Waals surface area contributed by atoms with Crippen LogP contribution in [0.25, 0.3) is 0 Å². The van der Waals surface area contributed by atoms with Gasteiger partial charge in [0.1, 0.15) is 0 Å². The highest BCUT2D eigenvalue weighted by atomic mass is 32.2. The van der Waals surface area contributed by atoms with E-state index in [0.29, 0.717) is 11.3 Å². The Balaban J connectivity index is 2.05. The highest BCUT2D eigenvalue weighted by Crippen LogP contribution is 2.19. The fourth-order valence-electron chi connectivity index (χ4n) is 1.15. The van der Waals surface area contributed by atoms with Gasteiger partial charge < -0.3 is 14.7 Å². The summed E-state index contributed by atoms with van der Waals surface area (Å²) in [5, 5.41) is 10.4. The molecule has 1 aliphatic rings. The molecule has 84 valence electrons. The molecule has 14 heavy (non-hydrogen) atoms. The van der Waals surface area contributed by atoms with Crippen LogP contribution in [0.1, 0.15) is 13.8 Å². The van der Waals surface area contributed by atoms with E-state index in [2.05, 4.69) is 18.7 Å². The van der Waals surface area contributed by atoms with Gasteiger partial charge in [-0.3, -0.25) is 0 Å². The Morgan fingerprint density at radius 1 is 1.50 bits per heavy atom. The minimum atomic E-state index is -0.215. The summed E-state index contributed by atoms with van der Waals surface area (Å²) in [6.45, 7) is 6.76. The van der Waals surface area contributed by atoms with E-state index in [0.717, 1.165) is 25.5 Å². The molecule has 1 aliphatic heterocycles. The zero-order valence-corrected chi connectivity index (χ0v) is 10.1. The van der Waals surface area contributed by atoms with Crippen LogP contribution in [0.15, 0.2) is 0 Å². The SMILES string of the molecule is CC(C)N(C)CC(O)CSC1COC1. The summed E-state index contributed by atoms with van der Waals surface area (Å²) >= 11 is 1.82. The van der Waals surface area contributed by atoms with E-state index in [-0.39, 0.29) is 6.10 Å². The summed E-state index contributed by atoms with van der Waals surface area (Å²) in [5.41, 5.74) is 0. The van der Waals surface area contributed by atoms with Crippen LogP contribution in [0.3, 0.4) is 0 Å². The number of nitrogens with zero attached hydrogens (tertiary/aromatic N) is 1. The molecule has 0 aromatic carbocycles. The first-order chi connectivity index (χ1) is 6.59. The van der Waals surface area contributed by atoms with Crippen molar-refractivity contribution in [1.29, 1.82) is 0 Å². The molecule has 1 heterocycles. The van der Waals surface area contributed by atoms with Crippen molar-refractivity contribution in [1.82, 2.24) is 4.90 Å². The smallest absolute Gasteiger partial charge is 0.0757 e. The van der Waals surface area contributed by atoms with Crippen molar-refractivity contribution in [3.05, 3.63) is 0 Å². The summed E-state index contributed by atoms with van der Waals surface area (Å²) in [6.07, 6.45) is -0.215. The Labute approximate surface area is 90.8 Å². The topological polar surface area (TPSA) is 32.7 Å². The highest BCUT2D eigenvalue weighted by Gasteiger charge is 2.20. The van der Waals surface area contributed by atoms with E-state index in [1.807, 2.05) is 18.8 Å². The predicted octanol–water partition coefficient (Wildman–Crippen LogP) is 0.819. The zero-order valence-electron chi connectivity index (χ0n) is 9.27. The minimum Gasteiger partial charge on any atom is -0.391 e.